The lowest BCUT2D eigenvalue weighted by Gasteiger charge is -2.26. The van der Waals surface area contributed by atoms with Crippen LogP contribution in [0, 0.1) is 0 Å². The highest BCUT2D eigenvalue weighted by Crippen LogP contribution is 2.18. The molecule has 0 bridgehead atoms. The topological polar surface area (TPSA) is 111 Å². The number of ether oxygens (including phenoxy) is 4. The predicted octanol–water partition coefficient (Wildman–Crippen LogP) is 24.5. The van der Waals surface area contributed by atoms with Crippen molar-refractivity contribution in [2.75, 3.05) is 47.5 Å². The first-order valence-electron chi connectivity index (χ1n) is 40.0. The Bertz CT molecular complexity index is 2110. The van der Waals surface area contributed by atoms with Gasteiger partial charge in [0.25, 0.3) is 0 Å². The number of likely N-dealkylation sites (N-methyl/N-ethyl adjacent to an activating group) is 1. The van der Waals surface area contributed by atoms with E-state index >= 15 is 0 Å². The first-order chi connectivity index (χ1) is 47.6. The largest absolute Gasteiger partial charge is 0.545 e. The third-order valence-corrected chi connectivity index (χ3v) is 17.1. The molecule has 0 spiro atoms. The van der Waals surface area contributed by atoms with Gasteiger partial charge in [-0.1, -0.05) is 346 Å². The van der Waals surface area contributed by atoms with Crippen molar-refractivity contribution in [2.24, 2.45) is 0 Å². The lowest BCUT2D eigenvalue weighted by molar-refractivity contribution is -0.870. The van der Waals surface area contributed by atoms with Gasteiger partial charge in [-0.3, -0.25) is 9.59 Å². The molecule has 0 radical (unpaired) electrons. The van der Waals surface area contributed by atoms with Gasteiger partial charge in [0, 0.05) is 12.8 Å². The van der Waals surface area contributed by atoms with Gasteiger partial charge in [-0.05, 0) is 122 Å². The van der Waals surface area contributed by atoms with E-state index in [4.69, 9.17) is 18.9 Å². The molecule has 2 unspecified atom stereocenters. The first-order valence-corrected chi connectivity index (χ1v) is 40.0. The van der Waals surface area contributed by atoms with Gasteiger partial charge in [0.15, 0.2) is 12.4 Å². The SMILES string of the molecule is CC/C=C\C/C=C\C/C=C\C/C=C\C/C=C\C/C=C\C/C=C\C/C=C\C/C=C\C/C=C\CCCCCCCCCCCCC(=O)OC(COC(=O)CCCCCCCCCCCCCCCCCCCCC/C=C\C/C=C\CCCCCCC)COC(OCC[N+](C)(C)C)C(=O)[O-]. The van der Waals surface area contributed by atoms with E-state index in [1.807, 2.05) is 21.1 Å². The van der Waals surface area contributed by atoms with Crippen LogP contribution in [0.3, 0.4) is 0 Å². The molecule has 0 aliphatic rings. The quantitative estimate of drug-likeness (QED) is 0.0195. The molecule has 0 aromatic heterocycles. The number of esters is 2. The molecule has 97 heavy (non-hydrogen) atoms. The minimum absolute atomic E-state index is 0.142. The van der Waals surface area contributed by atoms with Crippen LogP contribution in [0.25, 0.3) is 0 Å². The lowest BCUT2D eigenvalue weighted by atomic mass is 10.0. The number of hydrogen-bond acceptors (Lipinski definition) is 8. The Morgan fingerprint density at radius 2 is 0.588 bits per heavy atom. The van der Waals surface area contributed by atoms with Crippen molar-refractivity contribution in [2.45, 2.75) is 347 Å². The van der Waals surface area contributed by atoms with E-state index in [9.17, 15) is 19.5 Å². The molecular weight excluding hydrogens is 1200 g/mol. The fourth-order valence-corrected chi connectivity index (χ4v) is 11.0. The highest BCUT2D eigenvalue weighted by atomic mass is 16.7. The highest BCUT2D eigenvalue weighted by molar-refractivity contribution is 5.70. The van der Waals surface area contributed by atoms with Gasteiger partial charge in [-0.2, -0.15) is 0 Å². The van der Waals surface area contributed by atoms with Crippen molar-refractivity contribution in [3.63, 3.8) is 0 Å². The summed E-state index contributed by atoms with van der Waals surface area (Å²) < 4.78 is 22.9. The second kappa shape index (κ2) is 76.9. The average molecular weight is 1350 g/mol. The molecule has 0 fully saturated rings. The second-order valence-electron chi connectivity index (χ2n) is 27.6. The molecule has 2 atom stereocenters. The molecule has 0 N–H and O–H groups in total. The molecule has 0 rings (SSSR count). The van der Waals surface area contributed by atoms with Gasteiger partial charge in [-0.15, -0.1) is 0 Å². The molecule has 9 heteroatoms. The standard InChI is InChI=1S/C88H149NO8/c1-6-8-10-12-14-16-18-20-22-24-26-28-30-32-34-36-38-39-40-41-42-43-44-45-46-47-49-51-53-55-57-59-61-63-65-67-69-71-73-75-77-79-86(91)97-84(83-96-88(87(92)93)94-81-80-89(3,4)5)82-95-85(90)78-76-74-72-70-68-66-64-62-60-58-56-54-52-50-48-37-35-33-31-29-27-25-23-21-19-17-15-13-11-9-7-2/h8,10,14,16,19-22,25-28,32,34,38-39,41-42,44-45,47,49,53,55,84,88H,6-7,9,11-13,15,17-18,23-24,29-31,33,35-37,40,43,46,48,50-52,54,56-83H2,1-5H3/b10-8-,16-14-,21-19-,22-20-,27-25-,28-26-,34-32-,39-38-,42-41-,45-44-,49-47-,55-53-. The second-order valence-corrected chi connectivity index (χ2v) is 27.6. The molecule has 0 aliphatic heterocycles. The zero-order valence-electron chi connectivity index (χ0n) is 63.4. The van der Waals surface area contributed by atoms with Crippen molar-refractivity contribution in [3.05, 3.63) is 146 Å². The third-order valence-electron chi connectivity index (χ3n) is 17.1. The number of carboxylic acids is 1. The van der Waals surface area contributed by atoms with E-state index in [0.717, 1.165) is 116 Å². The maximum Gasteiger partial charge on any atom is 0.306 e. The number of carboxylic acid groups (broad SMARTS) is 1. The average Bonchev–Trinajstić information content (AvgIpc) is 3.27. The van der Waals surface area contributed by atoms with Crippen LogP contribution < -0.4 is 5.11 Å². The highest BCUT2D eigenvalue weighted by Gasteiger charge is 2.22. The summed E-state index contributed by atoms with van der Waals surface area (Å²) in [5.74, 6) is -2.28. The summed E-state index contributed by atoms with van der Waals surface area (Å²) in [4.78, 5) is 37.6. The zero-order chi connectivity index (χ0) is 70.4. The lowest BCUT2D eigenvalue weighted by Crippen LogP contribution is -2.44. The molecule has 0 amide bonds. The van der Waals surface area contributed by atoms with Crippen LogP contribution in [-0.2, 0) is 33.3 Å². The number of unbranched alkanes of at least 4 members (excludes halogenated alkanes) is 34. The van der Waals surface area contributed by atoms with Crippen LogP contribution in [0.4, 0.5) is 0 Å². The van der Waals surface area contributed by atoms with E-state index < -0.39 is 24.3 Å². The number of hydrogen-bond donors (Lipinski definition) is 0. The summed E-state index contributed by atoms with van der Waals surface area (Å²) >= 11 is 0. The normalized spacial score (nSPS) is 13.5. The van der Waals surface area contributed by atoms with Crippen molar-refractivity contribution >= 4 is 17.9 Å². The summed E-state index contributed by atoms with van der Waals surface area (Å²) in [7, 11) is 5.93. The van der Waals surface area contributed by atoms with E-state index in [0.29, 0.717) is 17.4 Å². The van der Waals surface area contributed by atoms with Gasteiger partial charge in [-0.25, -0.2) is 0 Å². The maximum absolute atomic E-state index is 13.0. The summed E-state index contributed by atoms with van der Waals surface area (Å²) in [6, 6.07) is 0. The van der Waals surface area contributed by atoms with E-state index in [1.165, 1.54) is 186 Å². The smallest absolute Gasteiger partial charge is 0.306 e. The van der Waals surface area contributed by atoms with Gasteiger partial charge in [0.1, 0.15) is 13.2 Å². The molecule has 0 saturated carbocycles. The number of carbonyl (C=O) groups excluding carboxylic acids is 3. The number of nitrogens with zero attached hydrogens (tertiary/aromatic N) is 1. The van der Waals surface area contributed by atoms with Crippen LogP contribution in [0.15, 0.2) is 146 Å². The first kappa shape index (κ1) is 92.2. The van der Waals surface area contributed by atoms with E-state index in [-0.39, 0.29) is 38.6 Å². The fourth-order valence-electron chi connectivity index (χ4n) is 11.0. The number of allylic oxidation sites excluding steroid dienone is 24. The Morgan fingerprint density at radius 1 is 0.320 bits per heavy atom. The summed E-state index contributed by atoms with van der Waals surface area (Å²) in [6.07, 6.45) is 110. The predicted molar refractivity (Wildman–Crippen MR) is 416 cm³/mol. The molecule has 0 aromatic rings. The Hall–Kier alpha value is -4.83. The zero-order valence-corrected chi connectivity index (χ0v) is 63.4. The maximum atomic E-state index is 13.0. The molecule has 0 saturated heterocycles. The minimum atomic E-state index is -1.63. The molecule has 0 heterocycles. The third kappa shape index (κ3) is 78.4. The molecular formula is C88H149NO8. The minimum Gasteiger partial charge on any atom is -0.545 e. The number of quaternary nitrogens is 1. The molecule has 0 aliphatic carbocycles. The van der Waals surface area contributed by atoms with Crippen LogP contribution in [0.2, 0.25) is 0 Å². The van der Waals surface area contributed by atoms with Crippen molar-refractivity contribution in [1.29, 1.82) is 0 Å². The van der Waals surface area contributed by atoms with Gasteiger partial charge >= 0.3 is 11.9 Å². The number of rotatable bonds is 73. The van der Waals surface area contributed by atoms with Gasteiger partial charge in [0.05, 0.1) is 40.3 Å². The Labute approximate surface area is 598 Å². The summed E-state index contributed by atoms with van der Waals surface area (Å²) in [6.45, 7) is 4.64. The number of carbonyl (C=O) groups is 3. The fraction of sp³-hybridized carbons (Fsp3) is 0.693. The van der Waals surface area contributed by atoms with Gasteiger partial charge < -0.3 is 33.3 Å². The van der Waals surface area contributed by atoms with Crippen LogP contribution in [-0.4, -0.2) is 82.3 Å². The Balaban J connectivity index is 4.09. The summed E-state index contributed by atoms with van der Waals surface area (Å²) in [5.41, 5.74) is 0. The van der Waals surface area contributed by atoms with Crippen molar-refractivity contribution in [1.82, 2.24) is 0 Å². The van der Waals surface area contributed by atoms with Crippen LogP contribution in [0.5, 0.6) is 0 Å². The van der Waals surface area contributed by atoms with Crippen LogP contribution >= 0.6 is 0 Å². The van der Waals surface area contributed by atoms with E-state index in [2.05, 4.69) is 160 Å². The van der Waals surface area contributed by atoms with Crippen molar-refractivity contribution in [3.8, 4) is 0 Å². The molecule has 0 aromatic carbocycles. The molecule has 554 valence electrons. The number of aliphatic carboxylic acids is 1. The van der Waals surface area contributed by atoms with E-state index in [1.54, 1.807) is 0 Å². The summed E-state index contributed by atoms with van der Waals surface area (Å²) in [5, 5.41) is 11.9. The Morgan fingerprint density at radius 3 is 0.876 bits per heavy atom. The van der Waals surface area contributed by atoms with Crippen LogP contribution in [0.1, 0.15) is 335 Å². The van der Waals surface area contributed by atoms with Crippen molar-refractivity contribution < 1.29 is 42.9 Å². The monoisotopic (exact) mass is 1350 g/mol. The molecule has 9 nitrogen and oxygen atoms in total. The van der Waals surface area contributed by atoms with Gasteiger partial charge in [0.2, 0.25) is 0 Å². The Kier molecular flexibility index (Phi) is 73.1.